The van der Waals surface area contributed by atoms with Crippen molar-refractivity contribution in [2.24, 2.45) is 5.92 Å². The van der Waals surface area contributed by atoms with Crippen molar-refractivity contribution in [3.63, 3.8) is 0 Å². The quantitative estimate of drug-likeness (QED) is 0.862. The van der Waals surface area contributed by atoms with Gasteiger partial charge in [0.15, 0.2) is 0 Å². The maximum Gasteiger partial charge on any atom is 0.0974 e. The maximum atomic E-state index is 11.6. The van der Waals surface area contributed by atoms with Crippen molar-refractivity contribution in [1.29, 1.82) is 0 Å². The van der Waals surface area contributed by atoms with Gasteiger partial charge in [-0.2, -0.15) is 0 Å². The molecule has 23 heavy (non-hydrogen) atoms. The molecule has 126 valence electrons. The van der Waals surface area contributed by atoms with E-state index >= 15 is 0 Å². The lowest BCUT2D eigenvalue weighted by molar-refractivity contribution is -0.0256. The topological polar surface area (TPSA) is 23.5 Å². The minimum Gasteiger partial charge on any atom is -0.384 e. The van der Waals surface area contributed by atoms with Crippen LogP contribution in [0, 0.1) is 12.8 Å². The molecular weight excluding hydrogens is 306 g/mol. The van der Waals surface area contributed by atoms with Gasteiger partial charge in [0.2, 0.25) is 0 Å². The van der Waals surface area contributed by atoms with Crippen LogP contribution in [-0.2, 0) is 12.0 Å². The molecule has 2 nitrogen and oxygen atoms in total. The standard InChI is InChI=1S/C20H27NO.ClH/c1-16-10-8-9-11-18(16)14-20(22,17(2)15-21(3)4)19-12-6-5-7-13-19;/h5-13,17,22H,14-15H2,1-4H3;1H. The number of hydrogen-bond donors (Lipinski definition) is 1. The fourth-order valence-electron chi connectivity index (χ4n) is 3.09. The smallest absolute Gasteiger partial charge is 0.0974 e. The summed E-state index contributed by atoms with van der Waals surface area (Å²) in [4.78, 5) is 2.14. The zero-order chi connectivity index (χ0) is 16.2. The van der Waals surface area contributed by atoms with Crippen molar-refractivity contribution < 1.29 is 5.11 Å². The van der Waals surface area contributed by atoms with Crippen LogP contribution in [-0.4, -0.2) is 30.6 Å². The summed E-state index contributed by atoms with van der Waals surface area (Å²) in [5.41, 5.74) is 2.57. The average molecular weight is 334 g/mol. The van der Waals surface area contributed by atoms with E-state index < -0.39 is 5.60 Å². The van der Waals surface area contributed by atoms with Crippen molar-refractivity contribution in [2.75, 3.05) is 20.6 Å². The maximum absolute atomic E-state index is 11.6. The van der Waals surface area contributed by atoms with Crippen LogP contribution in [0.4, 0.5) is 0 Å². The summed E-state index contributed by atoms with van der Waals surface area (Å²) in [5.74, 6) is 0.129. The predicted molar refractivity (Wildman–Crippen MR) is 100 cm³/mol. The van der Waals surface area contributed by atoms with Gasteiger partial charge in [-0.1, -0.05) is 61.5 Å². The first-order chi connectivity index (χ1) is 10.4. The fourth-order valence-corrected chi connectivity index (χ4v) is 3.09. The molecule has 2 unspecified atom stereocenters. The number of aliphatic hydroxyl groups is 1. The van der Waals surface area contributed by atoms with E-state index in [0.717, 1.165) is 12.1 Å². The Morgan fingerprint density at radius 2 is 1.57 bits per heavy atom. The first-order valence-electron chi connectivity index (χ1n) is 7.90. The normalized spacial score (nSPS) is 14.9. The first-order valence-corrected chi connectivity index (χ1v) is 7.90. The average Bonchev–Trinajstić information content (AvgIpc) is 2.49. The Labute approximate surface area is 146 Å². The third-order valence-electron chi connectivity index (χ3n) is 4.45. The molecule has 1 N–H and O–H groups in total. The summed E-state index contributed by atoms with van der Waals surface area (Å²) >= 11 is 0. The number of halogens is 1. The van der Waals surface area contributed by atoms with Gasteiger partial charge in [0.1, 0.15) is 0 Å². The lowest BCUT2D eigenvalue weighted by Crippen LogP contribution is -2.41. The van der Waals surface area contributed by atoms with Gasteiger partial charge in [0.05, 0.1) is 5.60 Å². The van der Waals surface area contributed by atoms with E-state index in [1.807, 2.05) is 42.5 Å². The Hall–Kier alpha value is -1.35. The van der Waals surface area contributed by atoms with Crippen LogP contribution in [0.2, 0.25) is 0 Å². The minimum atomic E-state index is -0.863. The van der Waals surface area contributed by atoms with Crippen molar-refractivity contribution in [2.45, 2.75) is 25.9 Å². The summed E-state index contributed by atoms with van der Waals surface area (Å²) in [5, 5.41) is 11.6. The molecule has 2 rings (SSSR count). The molecule has 2 aromatic carbocycles. The summed E-state index contributed by atoms with van der Waals surface area (Å²) in [6, 6.07) is 18.4. The zero-order valence-corrected chi connectivity index (χ0v) is 15.3. The summed E-state index contributed by atoms with van der Waals surface area (Å²) in [6.07, 6.45) is 0.638. The van der Waals surface area contributed by atoms with Crippen LogP contribution in [0.15, 0.2) is 54.6 Å². The van der Waals surface area contributed by atoms with Crippen LogP contribution >= 0.6 is 12.4 Å². The van der Waals surface area contributed by atoms with Crippen LogP contribution < -0.4 is 0 Å². The highest BCUT2D eigenvalue weighted by Crippen LogP contribution is 2.34. The number of rotatable bonds is 6. The molecule has 0 spiro atoms. The van der Waals surface area contributed by atoms with Gasteiger partial charge in [0.25, 0.3) is 0 Å². The number of nitrogens with zero attached hydrogens (tertiary/aromatic N) is 1. The summed E-state index contributed by atoms with van der Waals surface area (Å²) in [6.45, 7) is 5.08. The number of hydrogen-bond acceptors (Lipinski definition) is 2. The molecule has 0 saturated carbocycles. The van der Waals surface area contributed by atoms with Crippen molar-refractivity contribution in [3.05, 3.63) is 71.3 Å². The van der Waals surface area contributed by atoms with E-state index in [1.165, 1.54) is 11.1 Å². The zero-order valence-electron chi connectivity index (χ0n) is 14.5. The molecular formula is C20H28ClNO. The van der Waals surface area contributed by atoms with Crippen molar-refractivity contribution in [1.82, 2.24) is 4.90 Å². The van der Waals surface area contributed by atoms with Gasteiger partial charge < -0.3 is 10.0 Å². The van der Waals surface area contributed by atoms with E-state index in [0.29, 0.717) is 6.42 Å². The monoisotopic (exact) mass is 333 g/mol. The highest BCUT2D eigenvalue weighted by Gasteiger charge is 2.36. The fraction of sp³-hybridized carbons (Fsp3) is 0.400. The van der Waals surface area contributed by atoms with Gasteiger partial charge in [-0.15, -0.1) is 12.4 Å². The van der Waals surface area contributed by atoms with Crippen molar-refractivity contribution in [3.8, 4) is 0 Å². The SMILES string of the molecule is Cc1ccccc1CC(O)(c1ccccc1)C(C)CN(C)C.Cl. The molecule has 2 atom stereocenters. The Morgan fingerprint density at radius 1 is 1.00 bits per heavy atom. The molecule has 0 bridgehead atoms. The Bertz CT molecular complexity index is 600. The molecule has 0 aliphatic rings. The molecule has 0 fully saturated rings. The minimum absolute atomic E-state index is 0. The second-order valence-corrected chi connectivity index (χ2v) is 6.56. The van der Waals surface area contributed by atoms with E-state index in [2.05, 4.69) is 45.0 Å². The summed E-state index contributed by atoms with van der Waals surface area (Å²) < 4.78 is 0. The van der Waals surface area contributed by atoms with Crippen molar-refractivity contribution >= 4 is 12.4 Å². The Morgan fingerprint density at radius 3 is 2.13 bits per heavy atom. The van der Waals surface area contributed by atoms with E-state index in [9.17, 15) is 5.11 Å². The Balaban J connectivity index is 0.00000264. The molecule has 0 aliphatic heterocycles. The van der Waals surface area contributed by atoms with Gasteiger partial charge in [0, 0.05) is 18.9 Å². The molecule has 0 aliphatic carbocycles. The predicted octanol–water partition coefficient (Wildman–Crippen LogP) is 4.04. The number of benzene rings is 2. The van der Waals surface area contributed by atoms with E-state index in [-0.39, 0.29) is 18.3 Å². The molecule has 2 aromatic rings. The first kappa shape index (κ1) is 19.7. The van der Waals surface area contributed by atoms with Crippen LogP contribution in [0.3, 0.4) is 0 Å². The molecule has 0 saturated heterocycles. The van der Waals surface area contributed by atoms with Crippen LogP contribution in [0.1, 0.15) is 23.6 Å². The summed E-state index contributed by atoms with van der Waals surface area (Å²) in [7, 11) is 4.10. The molecule has 3 heteroatoms. The molecule has 0 amide bonds. The number of aryl methyl sites for hydroxylation is 1. The van der Waals surface area contributed by atoms with Gasteiger partial charge >= 0.3 is 0 Å². The molecule has 0 heterocycles. The molecule has 0 radical (unpaired) electrons. The van der Waals surface area contributed by atoms with Gasteiger partial charge in [-0.3, -0.25) is 0 Å². The Kier molecular flexibility index (Phi) is 7.27. The molecule has 0 aromatic heterocycles. The van der Waals surface area contributed by atoms with Crippen LogP contribution in [0.25, 0.3) is 0 Å². The third-order valence-corrected chi connectivity index (χ3v) is 4.45. The van der Waals surface area contributed by atoms with E-state index in [4.69, 9.17) is 0 Å². The largest absolute Gasteiger partial charge is 0.384 e. The lowest BCUT2D eigenvalue weighted by Gasteiger charge is -2.37. The third kappa shape index (κ3) is 4.81. The second kappa shape index (κ2) is 8.49. The van der Waals surface area contributed by atoms with E-state index in [1.54, 1.807) is 0 Å². The highest BCUT2D eigenvalue weighted by molar-refractivity contribution is 5.85. The second-order valence-electron chi connectivity index (χ2n) is 6.56. The highest BCUT2D eigenvalue weighted by atomic mass is 35.5. The lowest BCUT2D eigenvalue weighted by atomic mass is 9.77. The van der Waals surface area contributed by atoms with Crippen LogP contribution in [0.5, 0.6) is 0 Å². The van der Waals surface area contributed by atoms with Gasteiger partial charge in [-0.25, -0.2) is 0 Å². The van der Waals surface area contributed by atoms with Gasteiger partial charge in [-0.05, 0) is 37.7 Å².